The Kier molecular flexibility index (Phi) is 11.5. The van der Waals surface area contributed by atoms with Gasteiger partial charge in [-0.1, -0.05) is 12.1 Å². The van der Waals surface area contributed by atoms with Crippen molar-refractivity contribution >= 4 is 5.69 Å². The quantitative estimate of drug-likeness (QED) is 0.492. The van der Waals surface area contributed by atoms with Gasteiger partial charge in [0.1, 0.15) is 0 Å². The number of methoxy groups -OCH3 is 1. The lowest BCUT2D eigenvalue weighted by molar-refractivity contribution is 0.00457. The van der Waals surface area contributed by atoms with Crippen LogP contribution in [0.5, 0.6) is 0 Å². The Morgan fingerprint density at radius 3 is 2.04 bits per heavy atom. The average Bonchev–Trinajstić information content (AvgIpc) is 2.56. The van der Waals surface area contributed by atoms with E-state index in [0.717, 1.165) is 13.1 Å². The summed E-state index contributed by atoms with van der Waals surface area (Å²) in [5.74, 6) is 0. The Morgan fingerprint density at radius 1 is 0.870 bits per heavy atom. The van der Waals surface area contributed by atoms with Crippen LogP contribution in [0.2, 0.25) is 0 Å². The fourth-order valence-corrected chi connectivity index (χ4v) is 2.15. The Morgan fingerprint density at radius 2 is 1.48 bits per heavy atom. The predicted octanol–water partition coefficient (Wildman–Crippen LogP) is 2.52. The van der Waals surface area contributed by atoms with Gasteiger partial charge in [-0.25, -0.2) is 0 Å². The second kappa shape index (κ2) is 13.3. The topological polar surface area (TPSA) is 40.2 Å². The molecule has 132 valence electrons. The van der Waals surface area contributed by atoms with Crippen LogP contribution in [0, 0.1) is 6.92 Å². The maximum absolute atomic E-state index is 5.64. The van der Waals surface area contributed by atoms with Gasteiger partial charge in [-0.15, -0.1) is 0 Å². The molecule has 0 unspecified atom stereocenters. The molecule has 0 fully saturated rings. The van der Waals surface area contributed by atoms with Gasteiger partial charge in [0.25, 0.3) is 0 Å². The fourth-order valence-electron chi connectivity index (χ4n) is 2.15. The van der Waals surface area contributed by atoms with Crippen LogP contribution in [-0.4, -0.2) is 66.4 Å². The van der Waals surface area contributed by atoms with Crippen molar-refractivity contribution in [2.75, 3.05) is 71.3 Å². The van der Waals surface area contributed by atoms with Gasteiger partial charge in [-0.05, 0) is 31.5 Å². The Balaban J connectivity index is 2.01. The minimum Gasteiger partial charge on any atom is -0.382 e. The molecule has 1 rings (SSSR count). The van der Waals surface area contributed by atoms with E-state index in [0.29, 0.717) is 46.2 Å². The summed E-state index contributed by atoms with van der Waals surface area (Å²) in [6.07, 6.45) is 0. The van der Waals surface area contributed by atoms with Crippen molar-refractivity contribution in [2.24, 2.45) is 0 Å². The molecule has 1 aromatic carbocycles. The highest BCUT2D eigenvalue weighted by Gasteiger charge is 2.03. The maximum Gasteiger partial charge on any atom is 0.0701 e. The summed E-state index contributed by atoms with van der Waals surface area (Å²) in [4.78, 5) is 2.32. The molecule has 0 saturated heterocycles. The van der Waals surface area contributed by atoms with E-state index in [4.69, 9.17) is 18.9 Å². The number of rotatable bonds is 14. The second-order valence-electron chi connectivity index (χ2n) is 5.25. The Labute approximate surface area is 140 Å². The summed E-state index contributed by atoms with van der Waals surface area (Å²) in [6, 6.07) is 8.56. The average molecular weight is 325 g/mol. The molecule has 23 heavy (non-hydrogen) atoms. The molecule has 0 aliphatic heterocycles. The van der Waals surface area contributed by atoms with Crippen LogP contribution >= 0.6 is 0 Å². The number of hydrogen-bond acceptors (Lipinski definition) is 5. The van der Waals surface area contributed by atoms with Gasteiger partial charge in [0, 0.05) is 25.9 Å². The van der Waals surface area contributed by atoms with Crippen molar-refractivity contribution in [3.05, 3.63) is 29.8 Å². The number of hydrogen-bond donors (Lipinski definition) is 0. The molecule has 0 heterocycles. The molecule has 0 saturated carbocycles. The van der Waals surface area contributed by atoms with E-state index in [2.05, 4.69) is 43.0 Å². The van der Waals surface area contributed by atoms with E-state index in [9.17, 15) is 0 Å². The normalized spacial score (nSPS) is 10.9. The second-order valence-corrected chi connectivity index (χ2v) is 5.25. The van der Waals surface area contributed by atoms with E-state index in [1.807, 2.05) is 0 Å². The number of benzene rings is 1. The minimum absolute atomic E-state index is 0.595. The van der Waals surface area contributed by atoms with Crippen LogP contribution in [0.3, 0.4) is 0 Å². The van der Waals surface area contributed by atoms with Gasteiger partial charge in [0.05, 0.1) is 46.2 Å². The molecule has 5 heteroatoms. The zero-order chi connectivity index (χ0) is 16.8. The van der Waals surface area contributed by atoms with Gasteiger partial charge in [0.15, 0.2) is 0 Å². The predicted molar refractivity (Wildman–Crippen MR) is 93.4 cm³/mol. The maximum atomic E-state index is 5.64. The lowest BCUT2D eigenvalue weighted by Crippen LogP contribution is -2.27. The van der Waals surface area contributed by atoms with E-state index in [1.54, 1.807) is 7.11 Å². The monoisotopic (exact) mass is 325 g/mol. The van der Waals surface area contributed by atoms with E-state index >= 15 is 0 Å². The van der Waals surface area contributed by atoms with Crippen LogP contribution < -0.4 is 4.90 Å². The number of ether oxygens (including phenoxy) is 4. The van der Waals surface area contributed by atoms with Crippen LogP contribution in [0.15, 0.2) is 24.3 Å². The van der Waals surface area contributed by atoms with Gasteiger partial charge in [-0.2, -0.15) is 0 Å². The van der Waals surface area contributed by atoms with Crippen molar-refractivity contribution in [3.8, 4) is 0 Å². The van der Waals surface area contributed by atoms with Crippen LogP contribution in [0.25, 0.3) is 0 Å². The van der Waals surface area contributed by atoms with E-state index < -0.39 is 0 Å². The first-order chi connectivity index (χ1) is 11.3. The van der Waals surface area contributed by atoms with Gasteiger partial charge in [0.2, 0.25) is 0 Å². The molecular weight excluding hydrogens is 294 g/mol. The number of anilines is 1. The first kappa shape index (κ1) is 19.9. The molecule has 0 atom stereocenters. The van der Waals surface area contributed by atoms with Gasteiger partial charge < -0.3 is 23.8 Å². The third kappa shape index (κ3) is 9.56. The molecule has 0 N–H and O–H groups in total. The molecule has 0 amide bonds. The molecule has 0 bridgehead atoms. The molecule has 1 aromatic rings. The highest BCUT2D eigenvalue weighted by molar-refractivity contribution is 5.48. The fraction of sp³-hybridized carbons (Fsp3) is 0.667. The number of likely N-dealkylation sites (N-methyl/N-ethyl adjacent to an activating group) is 1. The van der Waals surface area contributed by atoms with Crippen LogP contribution in [0.4, 0.5) is 5.69 Å². The summed E-state index contributed by atoms with van der Waals surface area (Å²) in [5, 5.41) is 0. The Hall–Kier alpha value is -1.14. The summed E-state index contributed by atoms with van der Waals surface area (Å²) in [6.45, 7) is 10.5. The smallest absolute Gasteiger partial charge is 0.0701 e. The molecular formula is C18H31NO4. The molecule has 0 aliphatic rings. The van der Waals surface area contributed by atoms with Crippen LogP contribution in [0.1, 0.15) is 12.5 Å². The summed E-state index contributed by atoms with van der Waals surface area (Å²) in [5.41, 5.74) is 2.53. The number of nitrogens with zero attached hydrogens (tertiary/aromatic N) is 1. The van der Waals surface area contributed by atoms with Gasteiger partial charge >= 0.3 is 0 Å². The molecule has 0 aromatic heterocycles. The summed E-state index contributed by atoms with van der Waals surface area (Å²) >= 11 is 0. The highest BCUT2D eigenvalue weighted by Crippen LogP contribution is 2.15. The number of aryl methyl sites for hydroxylation is 1. The SMILES string of the molecule is CCN(CCOCCOCCOCCOC)c1cccc(C)c1. The van der Waals surface area contributed by atoms with Gasteiger partial charge in [-0.3, -0.25) is 0 Å². The van der Waals surface area contributed by atoms with Crippen molar-refractivity contribution in [3.63, 3.8) is 0 Å². The molecule has 0 aliphatic carbocycles. The highest BCUT2D eigenvalue weighted by atomic mass is 16.6. The molecule has 0 spiro atoms. The van der Waals surface area contributed by atoms with Crippen molar-refractivity contribution in [1.29, 1.82) is 0 Å². The lowest BCUT2D eigenvalue weighted by atomic mass is 10.2. The standard InChI is InChI=1S/C18H31NO4/c1-4-19(18-7-5-6-17(2)16-18)8-9-21-12-13-23-15-14-22-11-10-20-3/h5-7,16H,4,8-15H2,1-3H3. The first-order valence-corrected chi connectivity index (χ1v) is 8.31. The zero-order valence-corrected chi connectivity index (χ0v) is 14.8. The third-order valence-corrected chi connectivity index (χ3v) is 3.43. The zero-order valence-electron chi connectivity index (χ0n) is 14.8. The van der Waals surface area contributed by atoms with Crippen LogP contribution in [-0.2, 0) is 18.9 Å². The van der Waals surface area contributed by atoms with Crippen molar-refractivity contribution in [1.82, 2.24) is 0 Å². The Bertz CT molecular complexity index is 400. The molecule has 5 nitrogen and oxygen atoms in total. The first-order valence-electron chi connectivity index (χ1n) is 8.31. The summed E-state index contributed by atoms with van der Waals surface area (Å²) in [7, 11) is 1.66. The van der Waals surface area contributed by atoms with E-state index in [-0.39, 0.29) is 0 Å². The van der Waals surface area contributed by atoms with Crippen molar-refractivity contribution < 1.29 is 18.9 Å². The molecule has 0 radical (unpaired) electrons. The third-order valence-electron chi connectivity index (χ3n) is 3.43. The largest absolute Gasteiger partial charge is 0.382 e. The summed E-state index contributed by atoms with van der Waals surface area (Å²) < 4.78 is 21.3. The van der Waals surface area contributed by atoms with Crippen molar-refractivity contribution in [2.45, 2.75) is 13.8 Å². The lowest BCUT2D eigenvalue weighted by Gasteiger charge is -2.23. The van der Waals surface area contributed by atoms with E-state index in [1.165, 1.54) is 11.3 Å². The minimum atomic E-state index is 0.595.